The van der Waals surface area contributed by atoms with Gasteiger partial charge in [-0.05, 0) is 31.6 Å². The van der Waals surface area contributed by atoms with E-state index in [1.165, 1.54) is 12.8 Å². The molecule has 2 aliphatic rings. The molecule has 0 aromatic carbocycles. The maximum Gasteiger partial charge on any atom is 0.211 e. The molecule has 0 spiro atoms. The number of hydrogen-bond donors (Lipinski definition) is 1. The van der Waals surface area contributed by atoms with Crippen LogP contribution in [0.2, 0.25) is 0 Å². The Balaban J connectivity index is 1.87. The fourth-order valence-corrected chi connectivity index (χ4v) is 3.81. The Bertz CT molecular complexity index is 329. The van der Waals surface area contributed by atoms with Crippen LogP contribution in [-0.2, 0) is 14.8 Å². The number of ether oxygens (including phenoxy) is 1. The number of alkyl halides is 1. The zero-order valence-electron chi connectivity index (χ0n) is 9.19. The Morgan fingerprint density at radius 1 is 1.31 bits per heavy atom. The molecule has 0 aromatic rings. The molecule has 2 rings (SSSR count). The maximum absolute atomic E-state index is 11.7. The summed E-state index contributed by atoms with van der Waals surface area (Å²) >= 11 is 5.50. The Kier molecular flexibility index (Phi) is 4.11. The van der Waals surface area contributed by atoms with Gasteiger partial charge in [0.05, 0.1) is 17.9 Å². The van der Waals surface area contributed by atoms with Gasteiger partial charge in [0.25, 0.3) is 0 Å². The predicted molar refractivity (Wildman–Crippen MR) is 63.1 cm³/mol. The van der Waals surface area contributed by atoms with E-state index < -0.39 is 10.0 Å². The summed E-state index contributed by atoms with van der Waals surface area (Å²) in [6.07, 6.45) is 3.74. The Labute approximate surface area is 102 Å². The number of halogens is 1. The summed E-state index contributed by atoms with van der Waals surface area (Å²) in [5, 5.41) is 0. The Hall–Kier alpha value is 0.160. The van der Waals surface area contributed by atoms with Gasteiger partial charge in [-0.25, -0.2) is 13.1 Å². The van der Waals surface area contributed by atoms with E-state index in [1.807, 2.05) is 0 Å². The van der Waals surface area contributed by atoms with Gasteiger partial charge in [-0.3, -0.25) is 0 Å². The van der Waals surface area contributed by atoms with E-state index in [2.05, 4.69) is 4.72 Å². The van der Waals surface area contributed by atoms with Crippen molar-refractivity contribution in [3.8, 4) is 0 Å². The second-order valence-electron chi connectivity index (χ2n) is 4.55. The number of rotatable bonds is 6. The number of nitrogens with one attached hydrogen (secondary N) is 1. The van der Waals surface area contributed by atoms with Crippen molar-refractivity contribution in [1.29, 1.82) is 0 Å². The molecule has 1 saturated carbocycles. The van der Waals surface area contributed by atoms with Crippen molar-refractivity contribution in [2.24, 2.45) is 5.92 Å². The molecule has 1 N–H and O–H groups in total. The van der Waals surface area contributed by atoms with Gasteiger partial charge < -0.3 is 4.74 Å². The van der Waals surface area contributed by atoms with Gasteiger partial charge in [0, 0.05) is 12.5 Å². The molecule has 0 bridgehead atoms. The van der Waals surface area contributed by atoms with Crippen LogP contribution >= 0.6 is 11.6 Å². The highest BCUT2D eigenvalue weighted by atomic mass is 35.5. The van der Waals surface area contributed by atoms with Crippen molar-refractivity contribution in [1.82, 2.24) is 4.72 Å². The van der Waals surface area contributed by atoms with Crippen LogP contribution in [0.3, 0.4) is 0 Å². The lowest BCUT2D eigenvalue weighted by molar-refractivity contribution is 0.0848. The lowest BCUT2D eigenvalue weighted by atomic mass is 10.1. The van der Waals surface area contributed by atoms with Crippen LogP contribution in [-0.4, -0.2) is 38.8 Å². The standard InChI is InChI=1S/C10H18ClNO3S/c11-5-1-7-16(13,14)12-9-4-6-15-10(9)8-2-3-8/h8-10,12H,1-7H2. The van der Waals surface area contributed by atoms with Crippen molar-refractivity contribution in [2.45, 2.75) is 37.8 Å². The summed E-state index contributed by atoms with van der Waals surface area (Å²) in [5.41, 5.74) is 0. The van der Waals surface area contributed by atoms with Crippen LogP contribution in [0.4, 0.5) is 0 Å². The third-order valence-corrected chi connectivity index (χ3v) is 4.86. The molecule has 94 valence electrons. The van der Waals surface area contributed by atoms with E-state index in [-0.39, 0.29) is 17.9 Å². The maximum atomic E-state index is 11.7. The molecule has 1 saturated heterocycles. The SMILES string of the molecule is O=S(=O)(CCCCl)NC1CCOC1C1CC1. The van der Waals surface area contributed by atoms with Crippen LogP contribution in [0.25, 0.3) is 0 Å². The summed E-state index contributed by atoms with van der Waals surface area (Å²) in [6.45, 7) is 0.670. The molecule has 1 aliphatic carbocycles. The first kappa shape index (κ1) is 12.6. The minimum atomic E-state index is -3.18. The monoisotopic (exact) mass is 267 g/mol. The highest BCUT2D eigenvalue weighted by Gasteiger charge is 2.41. The lowest BCUT2D eigenvalue weighted by Crippen LogP contribution is -2.42. The van der Waals surface area contributed by atoms with Crippen LogP contribution in [0.5, 0.6) is 0 Å². The predicted octanol–water partition coefficient (Wildman–Crippen LogP) is 1.10. The molecule has 4 nitrogen and oxygen atoms in total. The fraction of sp³-hybridized carbons (Fsp3) is 1.00. The normalized spacial score (nSPS) is 30.8. The molecule has 1 heterocycles. The summed E-state index contributed by atoms with van der Waals surface area (Å²) < 4.78 is 31.8. The quantitative estimate of drug-likeness (QED) is 0.734. The molecule has 16 heavy (non-hydrogen) atoms. The van der Waals surface area contributed by atoms with Crippen LogP contribution in [0.15, 0.2) is 0 Å². The van der Waals surface area contributed by atoms with E-state index in [4.69, 9.17) is 16.3 Å². The minimum Gasteiger partial charge on any atom is -0.376 e. The summed E-state index contributed by atoms with van der Waals surface area (Å²) in [7, 11) is -3.18. The van der Waals surface area contributed by atoms with Gasteiger partial charge in [-0.2, -0.15) is 0 Å². The molecule has 0 amide bonds. The van der Waals surface area contributed by atoms with Gasteiger partial charge in [0.1, 0.15) is 0 Å². The van der Waals surface area contributed by atoms with Gasteiger partial charge in [-0.15, -0.1) is 11.6 Å². The van der Waals surface area contributed by atoms with Gasteiger partial charge in [0.15, 0.2) is 0 Å². The molecule has 2 unspecified atom stereocenters. The highest BCUT2D eigenvalue weighted by molar-refractivity contribution is 7.89. The first-order valence-corrected chi connectivity index (χ1v) is 7.98. The van der Waals surface area contributed by atoms with E-state index >= 15 is 0 Å². The molecule has 0 radical (unpaired) electrons. The van der Waals surface area contributed by atoms with Crippen LogP contribution < -0.4 is 4.72 Å². The summed E-state index contributed by atoms with van der Waals surface area (Å²) in [5.74, 6) is 1.07. The van der Waals surface area contributed by atoms with Crippen molar-refractivity contribution in [3.05, 3.63) is 0 Å². The van der Waals surface area contributed by atoms with Crippen LogP contribution in [0, 0.1) is 5.92 Å². The van der Waals surface area contributed by atoms with E-state index in [0.29, 0.717) is 24.8 Å². The molecule has 2 fully saturated rings. The van der Waals surface area contributed by atoms with Crippen molar-refractivity contribution in [3.63, 3.8) is 0 Å². The average molecular weight is 268 g/mol. The van der Waals surface area contributed by atoms with Crippen molar-refractivity contribution >= 4 is 21.6 Å². The minimum absolute atomic E-state index is 0.0205. The van der Waals surface area contributed by atoms with Gasteiger partial charge in [0.2, 0.25) is 10.0 Å². The van der Waals surface area contributed by atoms with E-state index in [1.54, 1.807) is 0 Å². The smallest absolute Gasteiger partial charge is 0.211 e. The first-order valence-electron chi connectivity index (χ1n) is 5.80. The summed E-state index contributed by atoms with van der Waals surface area (Å²) in [6, 6.07) is -0.0205. The second kappa shape index (κ2) is 5.21. The number of sulfonamides is 1. The zero-order chi connectivity index (χ0) is 11.6. The topological polar surface area (TPSA) is 55.4 Å². The molecule has 2 atom stereocenters. The average Bonchev–Trinajstić information content (AvgIpc) is 2.98. The highest BCUT2D eigenvalue weighted by Crippen LogP contribution is 2.38. The van der Waals surface area contributed by atoms with Crippen molar-refractivity contribution < 1.29 is 13.2 Å². The zero-order valence-corrected chi connectivity index (χ0v) is 10.8. The molecular weight excluding hydrogens is 250 g/mol. The Morgan fingerprint density at radius 3 is 2.69 bits per heavy atom. The summed E-state index contributed by atoms with van der Waals surface area (Å²) in [4.78, 5) is 0. The largest absolute Gasteiger partial charge is 0.376 e. The van der Waals surface area contributed by atoms with Gasteiger partial charge >= 0.3 is 0 Å². The molecule has 0 aromatic heterocycles. The first-order chi connectivity index (χ1) is 7.62. The fourth-order valence-electron chi connectivity index (χ4n) is 2.16. The Morgan fingerprint density at radius 2 is 2.06 bits per heavy atom. The third kappa shape index (κ3) is 3.32. The lowest BCUT2D eigenvalue weighted by Gasteiger charge is -2.19. The van der Waals surface area contributed by atoms with Crippen LogP contribution in [0.1, 0.15) is 25.7 Å². The molecule has 6 heteroatoms. The number of hydrogen-bond acceptors (Lipinski definition) is 3. The third-order valence-electron chi connectivity index (χ3n) is 3.10. The second-order valence-corrected chi connectivity index (χ2v) is 6.80. The molecule has 1 aliphatic heterocycles. The van der Waals surface area contributed by atoms with Gasteiger partial charge in [-0.1, -0.05) is 0 Å². The van der Waals surface area contributed by atoms with E-state index in [9.17, 15) is 8.42 Å². The molecular formula is C10H18ClNO3S. The van der Waals surface area contributed by atoms with Crippen molar-refractivity contribution in [2.75, 3.05) is 18.2 Å². The van der Waals surface area contributed by atoms with E-state index in [0.717, 1.165) is 6.42 Å².